The Morgan fingerprint density at radius 3 is 2.43 bits per heavy atom. The van der Waals surface area contributed by atoms with Gasteiger partial charge in [0.2, 0.25) is 15.9 Å². The number of rotatable bonds is 10. The molecule has 28 heavy (non-hydrogen) atoms. The summed E-state index contributed by atoms with van der Waals surface area (Å²) < 4.78 is 42.5. The summed E-state index contributed by atoms with van der Waals surface area (Å²) in [5, 5.41) is 3.63. The van der Waals surface area contributed by atoms with Crippen LogP contribution in [0, 0.1) is 13.8 Å². The number of ether oxygens (including phenoxy) is 2. The average Bonchev–Trinajstić information content (AvgIpc) is 3.01. The molecular weight excluding hydrogens is 386 g/mol. The number of aromatic nitrogens is 1. The maximum Gasteiger partial charge on any atom is 0.245 e. The summed E-state index contributed by atoms with van der Waals surface area (Å²) in [7, 11) is -0.541. The van der Waals surface area contributed by atoms with Gasteiger partial charge in [0.25, 0.3) is 0 Å². The number of hydrogen-bond acceptors (Lipinski definition) is 7. The van der Waals surface area contributed by atoms with E-state index in [9.17, 15) is 13.2 Å². The lowest BCUT2D eigenvalue weighted by atomic mass is 10.3. The molecule has 0 bridgehead atoms. The molecule has 0 spiro atoms. The first-order valence-electron chi connectivity index (χ1n) is 8.68. The van der Waals surface area contributed by atoms with Crippen molar-refractivity contribution < 1.29 is 27.2 Å². The van der Waals surface area contributed by atoms with Crippen LogP contribution < -0.4 is 14.2 Å². The van der Waals surface area contributed by atoms with Gasteiger partial charge < -0.3 is 18.9 Å². The third kappa shape index (κ3) is 5.70. The number of amides is 1. The number of methoxy groups -OCH3 is 1. The summed E-state index contributed by atoms with van der Waals surface area (Å²) in [5.74, 6) is 1.43. The predicted molar refractivity (Wildman–Crippen MR) is 102 cm³/mol. The van der Waals surface area contributed by atoms with Gasteiger partial charge in [-0.2, -0.15) is 0 Å². The zero-order valence-corrected chi connectivity index (χ0v) is 17.2. The number of nitrogens with one attached hydrogen (secondary N) is 1. The van der Waals surface area contributed by atoms with E-state index in [1.165, 1.54) is 11.8 Å². The molecule has 1 aromatic carbocycles. The molecule has 1 amide bonds. The van der Waals surface area contributed by atoms with E-state index < -0.39 is 10.0 Å². The lowest BCUT2D eigenvalue weighted by molar-refractivity contribution is -0.130. The van der Waals surface area contributed by atoms with Crippen LogP contribution in [0.15, 0.2) is 33.7 Å². The van der Waals surface area contributed by atoms with Gasteiger partial charge in [-0.05, 0) is 38.1 Å². The van der Waals surface area contributed by atoms with E-state index in [0.717, 1.165) is 5.75 Å². The van der Waals surface area contributed by atoms with Crippen molar-refractivity contribution in [1.82, 2.24) is 14.8 Å². The number of nitrogens with zero attached hydrogens (tertiary/aromatic N) is 2. The van der Waals surface area contributed by atoms with Crippen LogP contribution in [0.3, 0.4) is 0 Å². The first-order chi connectivity index (χ1) is 13.2. The summed E-state index contributed by atoms with van der Waals surface area (Å²) in [6.07, 6.45) is 0.0294. The lowest BCUT2D eigenvalue weighted by Gasteiger charge is -2.17. The molecule has 0 aliphatic rings. The minimum Gasteiger partial charge on any atom is -0.497 e. The second-order valence-electron chi connectivity index (χ2n) is 6.14. The Kier molecular flexibility index (Phi) is 7.41. The van der Waals surface area contributed by atoms with Crippen molar-refractivity contribution in [2.45, 2.75) is 25.2 Å². The molecule has 0 unspecified atom stereocenters. The van der Waals surface area contributed by atoms with Gasteiger partial charge in [0.1, 0.15) is 28.7 Å². The number of carbonyl (C=O) groups excluding carboxylic acids is 1. The summed E-state index contributed by atoms with van der Waals surface area (Å²) in [5.41, 5.74) is 0.282. The summed E-state index contributed by atoms with van der Waals surface area (Å²) in [6.45, 7) is 3.75. The molecule has 1 heterocycles. The first-order valence-corrected chi connectivity index (χ1v) is 10.2. The van der Waals surface area contributed by atoms with Crippen molar-refractivity contribution in [1.29, 1.82) is 0 Å². The minimum atomic E-state index is -3.77. The van der Waals surface area contributed by atoms with E-state index >= 15 is 0 Å². The van der Waals surface area contributed by atoms with Crippen molar-refractivity contribution in [3.8, 4) is 11.5 Å². The number of likely N-dealkylation sites (N-methyl/N-ethyl adjacent to an activating group) is 1. The Morgan fingerprint density at radius 2 is 1.86 bits per heavy atom. The van der Waals surface area contributed by atoms with Crippen LogP contribution in [0.4, 0.5) is 0 Å². The number of carbonyl (C=O) groups is 1. The van der Waals surface area contributed by atoms with E-state index in [1.807, 2.05) is 0 Å². The molecule has 0 saturated carbocycles. The maximum absolute atomic E-state index is 12.3. The molecule has 0 saturated heterocycles. The molecule has 9 nitrogen and oxygen atoms in total. The quantitative estimate of drug-likeness (QED) is 0.631. The topological polar surface area (TPSA) is 111 Å². The van der Waals surface area contributed by atoms with Gasteiger partial charge in [-0.1, -0.05) is 5.16 Å². The number of sulfonamides is 1. The fourth-order valence-electron chi connectivity index (χ4n) is 2.51. The van der Waals surface area contributed by atoms with Gasteiger partial charge in [-0.3, -0.25) is 4.79 Å². The van der Waals surface area contributed by atoms with Gasteiger partial charge in [-0.25, -0.2) is 13.1 Å². The van der Waals surface area contributed by atoms with Crippen LogP contribution in [-0.2, 0) is 14.8 Å². The molecule has 2 aromatic rings. The molecule has 0 aliphatic heterocycles. The second kappa shape index (κ2) is 9.56. The standard InChI is InChI=1S/C18H25N3O6S/c1-13-18(14(2)27-20-13)28(23,24)19-10-9-17(22)21(3)11-12-26-16-7-5-15(25-4)6-8-16/h5-8,19H,9-12H2,1-4H3. The van der Waals surface area contributed by atoms with Crippen LogP contribution in [0.25, 0.3) is 0 Å². The highest BCUT2D eigenvalue weighted by atomic mass is 32.2. The Bertz CT molecular complexity index is 873. The van der Waals surface area contributed by atoms with E-state index in [0.29, 0.717) is 18.9 Å². The molecule has 154 valence electrons. The Balaban J connectivity index is 1.74. The van der Waals surface area contributed by atoms with Gasteiger partial charge in [0, 0.05) is 20.0 Å². The SMILES string of the molecule is COc1ccc(OCCN(C)C(=O)CCNS(=O)(=O)c2c(C)noc2C)cc1. The molecule has 0 radical (unpaired) electrons. The van der Waals surface area contributed by atoms with Crippen LogP contribution in [-0.4, -0.2) is 58.2 Å². The monoisotopic (exact) mass is 411 g/mol. The third-order valence-corrected chi connectivity index (χ3v) is 5.75. The van der Waals surface area contributed by atoms with E-state index in [1.54, 1.807) is 45.3 Å². The Hall–Kier alpha value is -2.59. The molecule has 10 heteroatoms. The normalized spacial score (nSPS) is 11.3. The molecule has 0 aliphatic carbocycles. The summed E-state index contributed by atoms with van der Waals surface area (Å²) in [4.78, 5) is 13.7. The second-order valence-corrected chi connectivity index (χ2v) is 7.84. The van der Waals surface area contributed by atoms with Gasteiger partial charge in [0.15, 0.2) is 5.76 Å². The van der Waals surface area contributed by atoms with Gasteiger partial charge >= 0.3 is 0 Å². The minimum absolute atomic E-state index is 0.0150. The van der Waals surface area contributed by atoms with Gasteiger partial charge in [-0.15, -0.1) is 0 Å². The lowest BCUT2D eigenvalue weighted by Crippen LogP contribution is -2.34. The van der Waals surface area contributed by atoms with E-state index in [4.69, 9.17) is 14.0 Å². The number of benzene rings is 1. The predicted octanol–water partition coefficient (Wildman–Crippen LogP) is 1.51. The Labute approximate surface area is 164 Å². The molecular formula is C18H25N3O6S. The van der Waals surface area contributed by atoms with E-state index in [2.05, 4.69) is 9.88 Å². The van der Waals surface area contributed by atoms with Crippen molar-refractivity contribution in [3.63, 3.8) is 0 Å². The maximum atomic E-state index is 12.3. The zero-order valence-electron chi connectivity index (χ0n) is 16.4. The molecule has 1 N–H and O–H groups in total. The van der Waals surface area contributed by atoms with E-state index in [-0.39, 0.29) is 35.2 Å². The largest absolute Gasteiger partial charge is 0.497 e. The molecule has 0 atom stereocenters. The Morgan fingerprint density at radius 1 is 1.21 bits per heavy atom. The van der Waals surface area contributed by atoms with Crippen LogP contribution >= 0.6 is 0 Å². The van der Waals surface area contributed by atoms with Crippen molar-refractivity contribution >= 4 is 15.9 Å². The zero-order chi connectivity index (χ0) is 20.7. The number of hydrogen-bond donors (Lipinski definition) is 1. The van der Waals surface area contributed by atoms with Crippen molar-refractivity contribution in [3.05, 3.63) is 35.7 Å². The highest BCUT2D eigenvalue weighted by Crippen LogP contribution is 2.18. The highest BCUT2D eigenvalue weighted by molar-refractivity contribution is 7.89. The summed E-state index contributed by atoms with van der Waals surface area (Å²) in [6, 6.07) is 7.14. The summed E-state index contributed by atoms with van der Waals surface area (Å²) >= 11 is 0. The average molecular weight is 411 g/mol. The van der Waals surface area contributed by atoms with Gasteiger partial charge in [0.05, 0.1) is 13.7 Å². The number of aryl methyl sites for hydroxylation is 2. The third-order valence-electron chi connectivity index (χ3n) is 4.05. The smallest absolute Gasteiger partial charge is 0.245 e. The van der Waals surface area contributed by atoms with Crippen LogP contribution in [0.1, 0.15) is 17.9 Å². The van der Waals surface area contributed by atoms with Crippen molar-refractivity contribution in [2.24, 2.45) is 0 Å². The highest BCUT2D eigenvalue weighted by Gasteiger charge is 2.24. The van der Waals surface area contributed by atoms with Crippen LogP contribution in [0.2, 0.25) is 0 Å². The van der Waals surface area contributed by atoms with Crippen LogP contribution in [0.5, 0.6) is 11.5 Å². The molecule has 1 aromatic heterocycles. The van der Waals surface area contributed by atoms with Crippen molar-refractivity contribution in [2.75, 3.05) is 33.9 Å². The fourth-order valence-corrected chi connectivity index (χ4v) is 3.87. The molecule has 2 rings (SSSR count). The molecule has 0 fully saturated rings. The first kappa shape index (κ1) is 21.7. The fraction of sp³-hybridized carbons (Fsp3) is 0.444.